The maximum Gasteiger partial charge on any atom is 0.252 e. The summed E-state index contributed by atoms with van der Waals surface area (Å²) in [6.45, 7) is 1.70. The molecule has 0 bridgehead atoms. The molecule has 1 saturated heterocycles. The fourth-order valence-electron chi connectivity index (χ4n) is 3.45. The Morgan fingerprint density at radius 1 is 1.15 bits per heavy atom. The number of benzene rings is 2. The lowest BCUT2D eigenvalue weighted by Crippen LogP contribution is -2.48. The van der Waals surface area contributed by atoms with Crippen molar-refractivity contribution in [2.45, 2.75) is 18.9 Å². The normalized spacial score (nSPS) is 16.9. The summed E-state index contributed by atoms with van der Waals surface area (Å²) < 4.78 is 0.815. The summed E-state index contributed by atoms with van der Waals surface area (Å²) in [7, 11) is 0. The average molecular weight is 425 g/mol. The van der Waals surface area contributed by atoms with Gasteiger partial charge in [0.05, 0.1) is 11.3 Å². The van der Waals surface area contributed by atoms with Crippen molar-refractivity contribution in [2.24, 2.45) is 0 Å². The Kier molecular flexibility index (Phi) is 5.25. The molecule has 5 nitrogen and oxygen atoms in total. The molecule has 1 aliphatic heterocycles. The Hall–Kier alpha value is -2.60. The number of hydrogen-bond acceptors (Lipinski definition) is 3. The Balaban J connectivity index is 1.43. The number of aromatic nitrogens is 2. The van der Waals surface area contributed by atoms with Crippen molar-refractivity contribution >= 4 is 27.7 Å². The van der Waals surface area contributed by atoms with Gasteiger partial charge in [-0.15, -0.1) is 0 Å². The van der Waals surface area contributed by atoms with Gasteiger partial charge in [0, 0.05) is 29.7 Å². The molecule has 0 saturated carbocycles. The molecule has 0 spiro atoms. The molecule has 1 amide bonds. The summed E-state index contributed by atoms with van der Waals surface area (Å²) in [6.07, 6.45) is 2.00. The number of H-pyrrole nitrogens is 1. The highest BCUT2D eigenvalue weighted by atomic mass is 79.9. The Labute approximate surface area is 166 Å². The van der Waals surface area contributed by atoms with Crippen molar-refractivity contribution in [1.82, 2.24) is 15.5 Å². The molecule has 3 aromatic rings. The number of carbonyl (C=O) groups is 1. The molecule has 1 atom stereocenters. The number of piperidine rings is 1. The summed E-state index contributed by atoms with van der Waals surface area (Å²) in [5.41, 5.74) is 2.79. The smallest absolute Gasteiger partial charge is 0.252 e. The van der Waals surface area contributed by atoms with Crippen LogP contribution in [-0.2, 0) is 0 Å². The highest BCUT2D eigenvalue weighted by Crippen LogP contribution is 2.24. The summed E-state index contributed by atoms with van der Waals surface area (Å²) in [6, 6.07) is 19.9. The molecule has 2 N–H and O–H groups in total. The van der Waals surface area contributed by atoms with E-state index in [0.717, 1.165) is 47.5 Å². The molecule has 27 heavy (non-hydrogen) atoms. The highest BCUT2D eigenvalue weighted by molar-refractivity contribution is 9.10. The van der Waals surface area contributed by atoms with Crippen molar-refractivity contribution in [1.29, 1.82) is 0 Å². The number of hydrogen-bond donors (Lipinski definition) is 2. The van der Waals surface area contributed by atoms with Gasteiger partial charge in [0.25, 0.3) is 5.91 Å². The van der Waals surface area contributed by atoms with Crippen molar-refractivity contribution in [2.75, 3.05) is 18.0 Å². The minimum atomic E-state index is -0.0404. The van der Waals surface area contributed by atoms with Crippen LogP contribution in [0.1, 0.15) is 23.2 Å². The van der Waals surface area contributed by atoms with E-state index >= 15 is 0 Å². The van der Waals surface area contributed by atoms with Crippen LogP contribution >= 0.6 is 15.9 Å². The quantitative estimate of drug-likeness (QED) is 0.658. The molecule has 1 aromatic heterocycles. The lowest BCUT2D eigenvalue weighted by Gasteiger charge is -2.33. The molecule has 2 aromatic carbocycles. The van der Waals surface area contributed by atoms with Gasteiger partial charge in [-0.1, -0.05) is 42.5 Å². The number of carbonyl (C=O) groups excluding carboxylic acids is 1. The summed E-state index contributed by atoms with van der Waals surface area (Å²) >= 11 is 3.45. The van der Waals surface area contributed by atoms with E-state index < -0.39 is 0 Å². The molecule has 6 heteroatoms. The minimum Gasteiger partial charge on any atom is -0.353 e. The topological polar surface area (TPSA) is 61.0 Å². The summed E-state index contributed by atoms with van der Waals surface area (Å²) in [5, 5.41) is 10.8. The summed E-state index contributed by atoms with van der Waals surface area (Å²) in [4.78, 5) is 14.8. The van der Waals surface area contributed by atoms with Crippen LogP contribution in [0.25, 0.3) is 11.3 Å². The maximum absolute atomic E-state index is 12.6. The largest absolute Gasteiger partial charge is 0.353 e. The predicted molar refractivity (Wildman–Crippen MR) is 111 cm³/mol. The highest BCUT2D eigenvalue weighted by Gasteiger charge is 2.24. The zero-order chi connectivity index (χ0) is 18.6. The third-order valence-corrected chi connectivity index (χ3v) is 5.54. The Morgan fingerprint density at radius 3 is 2.74 bits per heavy atom. The minimum absolute atomic E-state index is 0.0404. The number of aromatic amines is 1. The zero-order valence-electron chi connectivity index (χ0n) is 14.9. The lowest BCUT2D eigenvalue weighted by molar-refractivity contribution is 0.0932. The number of anilines is 1. The monoisotopic (exact) mass is 424 g/mol. The number of halogens is 1. The fourth-order valence-corrected chi connectivity index (χ4v) is 3.92. The van der Waals surface area contributed by atoms with Gasteiger partial charge in [-0.2, -0.15) is 5.10 Å². The second kappa shape index (κ2) is 7.96. The predicted octanol–water partition coefficient (Wildman–Crippen LogP) is 4.24. The number of nitrogens with one attached hydrogen (secondary N) is 2. The van der Waals surface area contributed by atoms with Gasteiger partial charge in [0.15, 0.2) is 5.82 Å². The van der Waals surface area contributed by atoms with Crippen molar-refractivity contribution in [3.8, 4) is 11.3 Å². The van der Waals surface area contributed by atoms with E-state index in [0.29, 0.717) is 5.56 Å². The van der Waals surface area contributed by atoms with Crippen LogP contribution < -0.4 is 10.2 Å². The first-order valence-corrected chi connectivity index (χ1v) is 9.91. The van der Waals surface area contributed by atoms with E-state index in [-0.39, 0.29) is 11.9 Å². The lowest BCUT2D eigenvalue weighted by atomic mass is 10.0. The third kappa shape index (κ3) is 4.06. The molecule has 1 aliphatic rings. The van der Waals surface area contributed by atoms with Crippen LogP contribution in [0.2, 0.25) is 0 Å². The standard InChI is InChI=1S/C21H21BrN4O/c22-18-11-5-4-10-17(18)21(27)23-16-9-6-12-26(14-16)20-13-19(24-25-20)15-7-2-1-3-8-15/h1-5,7-8,10-11,13,16H,6,9,12,14H2,(H,23,27)(H,24,25). The molecule has 0 radical (unpaired) electrons. The fraction of sp³-hybridized carbons (Fsp3) is 0.238. The van der Waals surface area contributed by atoms with E-state index in [2.05, 4.69) is 54.5 Å². The molecule has 1 fully saturated rings. The van der Waals surface area contributed by atoms with Crippen LogP contribution in [0.3, 0.4) is 0 Å². The van der Waals surface area contributed by atoms with E-state index in [9.17, 15) is 4.79 Å². The van der Waals surface area contributed by atoms with Gasteiger partial charge in [-0.25, -0.2) is 0 Å². The molecule has 0 aliphatic carbocycles. The van der Waals surface area contributed by atoms with E-state index in [1.165, 1.54) is 0 Å². The van der Waals surface area contributed by atoms with Crippen molar-refractivity contribution in [3.05, 3.63) is 70.7 Å². The maximum atomic E-state index is 12.6. The first kappa shape index (κ1) is 17.8. The van der Waals surface area contributed by atoms with E-state index in [1.54, 1.807) is 0 Å². The van der Waals surface area contributed by atoms with Gasteiger partial charge < -0.3 is 10.2 Å². The molecule has 1 unspecified atom stereocenters. The first-order chi connectivity index (χ1) is 13.2. The average Bonchev–Trinajstić information content (AvgIpc) is 3.19. The van der Waals surface area contributed by atoms with Gasteiger partial charge in [0.2, 0.25) is 0 Å². The zero-order valence-corrected chi connectivity index (χ0v) is 16.4. The number of rotatable bonds is 4. The van der Waals surface area contributed by atoms with Crippen LogP contribution in [0.15, 0.2) is 65.1 Å². The van der Waals surface area contributed by atoms with Crippen LogP contribution in [0, 0.1) is 0 Å². The van der Waals surface area contributed by atoms with Crippen LogP contribution in [-0.4, -0.2) is 35.2 Å². The van der Waals surface area contributed by atoms with Crippen LogP contribution in [0.4, 0.5) is 5.82 Å². The second-order valence-electron chi connectivity index (χ2n) is 6.74. The van der Waals surface area contributed by atoms with Gasteiger partial charge in [-0.3, -0.25) is 9.89 Å². The molecule has 4 rings (SSSR count). The van der Waals surface area contributed by atoms with Gasteiger partial charge in [-0.05, 0) is 46.5 Å². The Bertz CT molecular complexity index is 925. The van der Waals surface area contributed by atoms with E-state index in [4.69, 9.17) is 0 Å². The molecular weight excluding hydrogens is 404 g/mol. The summed E-state index contributed by atoms with van der Waals surface area (Å²) in [5.74, 6) is 0.884. The van der Waals surface area contributed by atoms with Crippen molar-refractivity contribution in [3.63, 3.8) is 0 Å². The third-order valence-electron chi connectivity index (χ3n) is 4.85. The Morgan fingerprint density at radius 2 is 1.93 bits per heavy atom. The molecule has 138 valence electrons. The van der Waals surface area contributed by atoms with E-state index in [1.807, 2.05) is 42.5 Å². The molecule has 2 heterocycles. The SMILES string of the molecule is O=C(NC1CCCN(c2cc(-c3ccccc3)[nH]n2)C1)c1ccccc1Br. The second-order valence-corrected chi connectivity index (χ2v) is 7.60. The first-order valence-electron chi connectivity index (χ1n) is 9.12. The van der Waals surface area contributed by atoms with Gasteiger partial charge >= 0.3 is 0 Å². The number of nitrogens with zero attached hydrogens (tertiary/aromatic N) is 2. The van der Waals surface area contributed by atoms with Crippen molar-refractivity contribution < 1.29 is 4.79 Å². The number of amides is 1. The van der Waals surface area contributed by atoms with Crippen LogP contribution in [0.5, 0.6) is 0 Å². The molecular formula is C21H21BrN4O. The van der Waals surface area contributed by atoms with Gasteiger partial charge in [0.1, 0.15) is 0 Å².